The molecule has 1 aliphatic heterocycles. The molecule has 8 heteroatoms. The first-order valence-electron chi connectivity index (χ1n) is 8.97. The van der Waals surface area contributed by atoms with E-state index in [9.17, 15) is 9.59 Å². The molecule has 0 spiro atoms. The molecule has 0 bridgehead atoms. The summed E-state index contributed by atoms with van der Waals surface area (Å²) in [5.41, 5.74) is 2.16. The lowest BCUT2D eigenvalue weighted by Gasteiger charge is -2.35. The zero-order valence-electron chi connectivity index (χ0n) is 15.3. The van der Waals surface area contributed by atoms with Crippen molar-refractivity contribution >= 4 is 17.7 Å². The van der Waals surface area contributed by atoms with Crippen molar-refractivity contribution in [3.63, 3.8) is 0 Å². The minimum atomic E-state index is -0.280. The minimum absolute atomic E-state index is 0.194. The maximum absolute atomic E-state index is 12.4. The van der Waals surface area contributed by atoms with Crippen molar-refractivity contribution in [1.82, 2.24) is 20.2 Å². The summed E-state index contributed by atoms with van der Waals surface area (Å²) in [5.74, 6) is -0.194. The van der Waals surface area contributed by atoms with E-state index in [1.807, 2.05) is 24.3 Å². The largest absolute Gasteiger partial charge is 0.450 e. The first-order valence-corrected chi connectivity index (χ1v) is 8.97. The number of rotatable bonds is 5. The summed E-state index contributed by atoms with van der Waals surface area (Å²) in [6, 6.07) is 7.39. The van der Waals surface area contributed by atoms with Crippen molar-refractivity contribution in [2.75, 3.05) is 37.7 Å². The van der Waals surface area contributed by atoms with Gasteiger partial charge in [0.2, 0.25) is 0 Å². The first-order chi connectivity index (χ1) is 13.2. The summed E-state index contributed by atoms with van der Waals surface area (Å²) in [5, 5.41) is 2.85. The Morgan fingerprint density at radius 2 is 2.00 bits per heavy atom. The van der Waals surface area contributed by atoms with Crippen molar-refractivity contribution in [2.45, 2.75) is 13.5 Å². The number of piperazine rings is 1. The van der Waals surface area contributed by atoms with Crippen LogP contribution in [0.4, 0.5) is 10.5 Å². The summed E-state index contributed by atoms with van der Waals surface area (Å²) < 4.78 is 5.03. The standard InChI is InChI=1S/C19H23N5O3/c1-2-27-19(26)24-9-7-23(8-10-24)17-11-15(12-20-14-17)18(25)22-13-16-5-3-4-6-21-16/h3-6,11-12,14H,2,7-10,13H2,1H3,(H,22,25). The molecule has 0 aliphatic carbocycles. The molecule has 2 aromatic heterocycles. The van der Waals surface area contributed by atoms with Crippen molar-refractivity contribution in [3.8, 4) is 0 Å². The molecule has 0 saturated carbocycles. The first kappa shape index (κ1) is 18.6. The van der Waals surface area contributed by atoms with Crippen LogP contribution in [0.2, 0.25) is 0 Å². The maximum atomic E-state index is 12.4. The number of nitrogens with one attached hydrogen (secondary N) is 1. The van der Waals surface area contributed by atoms with Gasteiger partial charge in [-0.15, -0.1) is 0 Å². The zero-order chi connectivity index (χ0) is 19.1. The summed E-state index contributed by atoms with van der Waals surface area (Å²) in [7, 11) is 0. The number of hydrogen-bond donors (Lipinski definition) is 1. The molecular weight excluding hydrogens is 346 g/mol. The number of amides is 2. The second-order valence-electron chi connectivity index (χ2n) is 6.11. The van der Waals surface area contributed by atoms with E-state index in [4.69, 9.17) is 4.74 Å². The average molecular weight is 369 g/mol. The highest BCUT2D eigenvalue weighted by Crippen LogP contribution is 2.17. The lowest BCUT2D eigenvalue weighted by atomic mass is 10.2. The molecule has 0 radical (unpaired) electrons. The zero-order valence-corrected chi connectivity index (χ0v) is 15.3. The Morgan fingerprint density at radius 1 is 1.19 bits per heavy atom. The predicted octanol–water partition coefficient (Wildman–Crippen LogP) is 1.69. The van der Waals surface area contributed by atoms with Gasteiger partial charge >= 0.3 is 6.09 Å². The normalized spacial score (nSPS) is 14.0. The molecule has 0 aromatic carbocycles. The molecule has 2 amide bonds. The summed E-state index contributed by atoms with van der Waals surface area (Å²) in [6.45, 7) is 5.02. The number of hydrogen-bond acceptors (Lipinski definition) is 6. The van der Waals surface area contributed by atoms with Crippen LogP contribution in [0.5, 0.6) is 0 Å². The van der Waals surface area contributed by atoms with E-state index in [0.717, 1.165) is 11.4 Å². The van der Waals surface area contributed by atoms with Gasteiger partial charge in [0.15, 0.2) is 0 Å². The predicted molar refractivity (Wildman–Crippen MR) is 100 cm³/mol. The maximum Gasteiger partial charge on any atom is 0.409 e. The lowest BCUT2D eigenvalue weighted by Crippen LogP contribution is -2.49. The quantitative estimate of drug-likeness (QED) is 0.863. The molecule has 3 heterocycles. The Hall–Kier alpha value is -3.16. The molecule has 27 heavy (non-hydrogen) atoms. The highest BCUT2D eigenvalue weighted by molar-refractivity contribution is 5.94. The van der Waals surface area contributed by atoms with E-state index in [0.29, 0.717) is 44.9 Å². The van der Waals surface area contributed by atoms with Gasteiger partial charge in [0.1, 0.15) is 0 Å². The average Bonchev–Trinajstić information content (AvgIpc) is 2.73. The highest BCUT2D eigenvalue weighted by atomic mass is 16.6. The Balaban J connectivity index is 1.57. The molecular formula is C19H23N5O3. The van der Waals surface area contributed by atoms with E-state index in [-0.39, 0.29) is 12.0 Å². The van der Waals surface area contributed by atoms with Crippen LogP contribution >= 0.6 is 0 Å². The van der Waals surface area contributed by atoms with Crippen LogP contribution < -0.4 is 10.2 Å². The highest BCUT2D eigenvalue weighted by Gasteiger charge is 2.22. The molecule has 0 atom stereocenters. The summed E-state index contributed by atoms with van der Waals surface area (Å²) >= 11 is 0. The van der Waals surface area contributed by atoms with Crippen LogP contribution in [0, 0.1) is 0 Å². The van der Waals surface area contributed by atoms with Crippen molar-refractivity contribution in [2.24, 2.45) is 0 Å². The Labute approximate surface area is 158 Å². The summed E-state index contributed by atoms with van der Waals surface area (Å²) in [6.07, 6.45) is 4.69. The van der Waals surface area contributed by atoms with Gasteiger partial charge in [-0.3, -0.25) is 14.8 Å². The van der Waals surface area contributed by atoms with Gasteiger partial charge in [-0.1, -0.05) is 6.07 Å². The fourth-order valence-electron chi connectivity index (χ4n) is 2.86. The Kier molecular flexibility index (Phi) is 6.19. The van der Waals surface area contributed by atoms with Crippen LogP contribution in [0.15, 0.2) is 42.9 Å². The van der Waals surface area contributed by atoms with Crippen molar-refractivity contribution in [3.05, 3.63) is 54.1 Å². The van der Waals surface area contributed by atoms with Crippen LogP contribution in [-0.2, 0) is 11.3 Å². The van der Waals surface area contributed by atoms with E-state index < -0.39 is 0 Å². The van der Waals surface area contributed by atoms with Gasteiger partial charge in [0, 0.05) is 38.6 Å². The van der Waals surface area contributed by atoms with Crippen molar-refractivity contribution in [1.29, 1.82) is 0 Å². The Morgan fingerprint density at radius 3 is 2.70 bits per heavy atom. The minimum Gasteiger partial charge on any atom is -0.450 e. The number of aromatic nitrogens is 2. The van der Waals surface area contributed by atoms with Crippen LogP contribution in [0.1, 0.15) is 23.0 Å². The van der Waals surface area contributed by atoms with Gasteiger partial charge in [-0.25, -0.2) is 4.79 Å². The molecule has 1 fully saturated rings. The molecule has 3 rings (SSSR count). The molecule has 1 N–H and O–H groups in total. The van der Waals surface area contributed by atoms with Crippen LogP contribution in [0.25, 0.3) is 0 Å². The number of anilines is 1. The van der Waals surface area contributed by atoms with Gasteiger partial charge in [0.25, 0.3) is 5.91 Å². The van der Waals surface area contributed by atoms with Gasteiger partial charge < -0.3 is 19.9 Å². The number of carbonyl (C=O) groups is 2. The third-order valence-electron chi connectivity index (χ3n) is 4.31. The van der Waals surface area contributed by atoms with E-state index in [1.54, 1.807) is 30.4 Å². The van der Waals surface area contributed by atoms with Crippen LogP contribution in [-0.4, -0.2) is 59.7 Å². The molecule has 1 aliphatic rings. The molecule has 8 nitrogen and oxygen atoms in total. The number of ether oxygens (including phenoxy) is 1. The number of carbonyl (C=O) groups excluding carboxylic acids is 2. The Bertz CT molecular complexity index is 776. The van der Waals surface area contributed by atoms with Gasteiger partial charge in [-0.05, 0) is 25.1 Å². The molecule has 1 saturated heterocycles. The van der Waals surface area contributed by atoms with E-state index in [2.05, 4.69) is 20.2 Å². The van der Waals surface area contributed by atoms with Gasteiger partial charge in [-0.2, -0.15) is 0 Å². The fourth-order valence-corrected chi connectivity index (χ4v) is 2.86. The van der Waals surface area contributed by atoms with E-state index in [1.165, 1.54) is 0 Å². The van der Waals surface area contributed by atoms with Crippen LogP contribution in [0.3, 0.4) is 0 Å². The molecule has 0 unspecified atom stereocenters. The second kappa shape index (κ2) is 8.98. The van der Waals surface area contributed by atoms with Gasteiger partial charge in [0.05, 0.1) is 36.3 Å². The van der Waals surface area contributed by atoms with Crippen molar-refractivity contribution < 1.29 is 14.3 Å². The number of nitrogens with zero attached hydrogens (tertiary/aromatic N) is 4. The SMILES string of the molecule is CCOC(=O)N1CCN(c2cncc(C(=O)NCc3ccccn3)c2)CC1. The summed E-state index contributed by atoms with van der Waals surface area (Å²) in [4.78, 5) is 36.4. The second-order valence-corrected chi connectivity index (χ2v) is 6.11. The monoisotopic (exact) mass is 369 g/mol. The molecule has 2 aromatic rings. The fraction of sp³-hybridized carbons (Fsp3) is 0.368. The smallest absolute Gasteiger partial charge is 0.409 e. The lowest BCUT2D eigenvalue weighted by molar-refractivity contribution is 0.0950. The third-order valence-corrected chi connectivity index (χ3v) is 4.31. The molecule has 142 valence electrons. The number of pyridine rings is 2. The van der Waals surface area contributed by atoms with E-state index >= 15 is 0 Å². The third kappa shape index (κ3) is 4.93. The topological polar surface area (TPSA) is 87.7 Å².